The van der Waals surface area contributed by atoms with Gasteiger partial charge in [0.1, 0.15) is 11.5 Å². The lowest BCUT2D eigenvalue weighted by atomic mass is 10.1. The van der Waals surface area contributed by atoms with E-state index in [1.807, 2.05) is 12.1 Å². The van der Waals surface area contributed by atoms with Gasteiger partial charge in [0.25, 0.3) is 0 Å². The monoisotopic (exact) mass is 291 g/mol. The summed E-state index contributed by atoms with van der Waals surface area (Å²) in [7, 11) is 3.38. The van der Waals surface area contributed by atoms with Gasteiger partial charge >= 0.3 is 0 Å². The predicted octanol–water partition coefficient (Wildman–Crippen LogP) is 3.13. The van der Waals surface area contributed by atoms with Crippen molar-refractivity contribution >= 4 is 24.2 Å². The molecule has 18 heavy (non-hydrogen) atoms. The average Bonchev–Trinajstić information content (AvgIpc) is 2.36. The molecule has 0 aliphatic rings. The minimum absolute atomic E-state index is 0. The van der Waals surface area contributed by atoms with Gasteiger partial charge in [-0.3, -0.25) is 0 Å². The number of nitrogens with two attached hydrogens (primary N) is 1. The maximum absolute atomic E-state index is 5.58. The predicted molar refractivity (Wildman–Crippen MR) is 80.6 cm³/mol. The topological polar surface area (TPSA) is 44.5 Å². The van der Waals surface area contributed by atoms with E-state index < -0.39 is 0 Å². The van der Waals surface area contributed by atoms with Crippen molar-refractivity contribution in [1.82, 2.24) is 0 Å². The average molecular weight is 292 g/mol. The first-order valence-corrected chi connectivity index (χ1v) is 6.83. The summed E-state index contributed by atoms with van der Waals surface area (Å²) in [4.78, 5) is 1.08. The SMILES string of the molecule is CCCSc1c(OC)cc(CCN)cc1OC.Cl. The third-order valence-electron chi connectivity index (χ3n) is 2.40. The van der Waals surface area contributed by atoms with Gasteiger partial charge in [0.2, 0.25) is 0 Å². The van der Waals surface area contributed by atoms with Crippen LogP contribution >= 0.6 is 24.2 Å². The van der Waals surface area contributed by atoms with Crippen LogP contribution in [0.25, 0.3) is 0 Å². The Labute approximate surface area is 120 Å². The van der Waals surface area contributed by atoms with E-state index in [9.17, 15) is 0 Å². The second kappa shape index (κ2) is 9.36. The van der Waals surface area contributed by atoms with Gasteiger partial charge in [-0.15, -0.1) is 24.2 Å². The summed E-state index contributed by atoms with van der Waals surface area (Å²) < 4.78 is 10.9. The molecule has 0 saturated carbocycles. The fourth-order valence-electron chi connectivity index (χ4n) is 1.59. The van der Waals surface area contributed by atoms with Crippen LogP contribution < -0.4 is 15.2 Å². The largest absolute Gasteiger partial charge is 0.495 e. The van der Waals surface area contributed by atoms with Crippen LogP contribution in [-0.4, -0.2) is 26.5 Å². The zero-order chi connectivity index (χ0) is 12.7. The zero-order valence-electron chi connectivity index (χ0n) is 11.2. The van der Waals surface area contributed by atoms with Crippen molar-refractivity contribution in [2.45, 2.75) is 24.7 Å². The lowest BCUT2D eigenvalue weighted by Crippen LogP contribution is -2.04. The Morgan fingerprint density at radius 2 is 1.72 bits per heavy atom. The van der Waals surface area contributed by atoms with Crippen LogP contribution in [0.4, 0.5) is 0 Å². The normalized spacial score (nSPS) is 9.78. The van der Waals surface area contributed by atoms with E-state index in [2.05, 4.69) is 6.92 Å². The Morgan fingerprint density at radius 3 is 2.11 bits per heavy atom. The summed E-state index contributed by atoms with van der Waals surface area (Å²) in [5.74, 6) is 2.82. The van der Waals surface area contributed by atoms with Gasteiger partial charge in [-0.2, -0.15) is 0 Å². The van der Waals surface area contributed by atoms with E-state index in [4.69, 9.17) is 15.2 Å². The maximum Gasteiger partial charge on any atom is 0.136 e. The van der Waals surface area contributed by atoms with Crippen LogP contribution in [0.3, 0.4) is 0 Å². The van der Waals surface area contributed by atoms with Gasteiger partial charge in [0.05, 0.1) is 19.1 Å². The Morgan fingerprint density at radius 1 is 1.17 bits per heavy atom. The summed E-state index contributed by atoms with van der Waals surface area (Å²) in [5.41, 5.74) is 6.73. The molecule has 2 N–H and O–H groups in total. The molecule has 0 aliphatic heterocycles. The molecule has 104 valence electrons. The van der Waals surface area contributed by atoms with Gasteiger partial charge in [-0.1, -0.05) is 6.92 Å². The van der Waals surface area contributed by atoms with Crippen LogP contribution in [0.1, 0.15) is 18.9 Å². The Bertz CT molecular complexity index is 336. The fourth-order valence-corrected chi connectivity index (χ4v) is 2.57. The van der Waals surface area contributed by atoms with Crippen molar-refractivity contribution in [2.24, 2.45) is 5.73 Å². The van der Waals surface area contributed by atoms with Crippen molar-refractivity contribution in [3.8, 4) is 11.5 Å². The summed E-state index contributed by atoms with van der Waals surface area (Å²) in [6, 6.07) is 4.10. The quantitative estimate of drug-likeness (QED) is 0.784. The van der Waals surface area contributed by atoms with Gasteiger partial charge in [-0.25, -0.2) is 0 Å². The number of hydrogen-bond acceptors (Lipinski definition) is 4. The molecule has 0 amide bonds. The molecule has 0 saturated heterocycles. The first-order chi connectivity index (χ1) is 8.26. The second-order valence-electron chi connectivity index (χ2n) is 3.72. The van der Waals surface area contributed by atoms with Crippen LogP contribution in [-0.2, 0) is 6.42 Å². The fraction of sp³-hybridized carbons (Fsp3) is 0.538. The first kappa shape index (κ1) is 17.4. The smallest absolute Gasteiger partial charge is 0.136 e. The van der Waals surface area contributed by atoms with Crippen molar-refractivity contribution < 1.29 is 9.47 Å². The van der Waals surface area contributed by atoms with Crippen molar-refractivity contribution in [3.05, 3.63) is 17.7 Å². The lowest BCUT2D eigenvalue weighted by Gasteiger charge is -2.14. The highest BCUT2D eigenvalue weighted by atomic mass is 35.5. The van der Waals surface area contributed by atoms with Gasteiger partial charge < -0.3 is 15.2 Å². The highest BCUT2D eigenvalue weighted by molar-refractivity contribution is 7.99. The number of thioether (sulfide) groups is 1. The summed E-state index contributed by atoms with van der Waals surface area (Å²) in [6.45, 7) is 2.79. The molecule has 0 atom stereocenters. The van der Waals surface area contributed by atoms with Crippen LogP contribution in [0.2, 0.25) is 0 Å². The number of methoxy groups -OCH3 is 2. The molecule has 0 fully saturated rings. The first-order valence-electron chi connectivity index (χ1n) is 5.84. The van der Waals surface area contributed by atoms with E-state index in [1.54, 1.807) is 26.0 Å². The maximum atomic E-state index is 5.58. The molecule has 5 heteroatoms. The number of halogens is 1. The number of ether oxygens (including phenoxy) is 2. The molecule has 1 aromatic rings. The Balaban J connectivity index is 0.00000289. The van der Waals surface area contributed by atoms with Gasteiger partial charge in [0.15, 0.2) is 0 Å². The van der Waals surface area contributed by atoms with E-state index in [0.29, 0.717) is 6.54 Å². The van der Waals surface area contributed by atoms with Crippen molar-refractivity contribution in [2.75, 3.05) is 26.5 Å². The Kier molecular flexibility index (Phi) is 9.06. The minimum Gasteiger partial charge on any atom is -0.495 e. The minimum atomic E-state index is 0. The van der Waals surface area contributed by atoms with Gasteiger partial charge in [-0.05, 0) is 42.8 Å². The van der Waals surface area contributed by atoms with E-state index in [0.717, 1.165) is 40.6 Å². The third-order valence-corrected chi connectivity index (χ3v) is 3.71. The van der Waals surface area contributed by atoms with Crippen molar-refractivity contribution in [1.29, 1.82) is 0 Å². The molecule has 0 spiro atoms. The van der Waals surface area contributed by atoms with Crippen LogP contribution in [0.5, 0.6) is 11.5 Å². The number of hydrogen-bond donors (Lipinski definition) is 1. The molecule has 0 heterocycles. The molecule has 0 aliphatic carbocycles. The molecule has 0 unspecified atom stereocenters. The van der Waals surface area contributed by atoms with Crippen LogP contribution in [0.15, 0.2) is 17.0 Å². The third kappa shape index (κ3) is 4.59. The molecule has 0 radical (unpaired) electrons. The molecule has 1 rings (SSSR count). The highest BCUT2D eigenvalue weighted by Gasteiger charge is 2.12. The van der Waals surface area contributed by atoms with E-state index >= 15 is 0 Å². The molecule has 1 aromatic carbocycles. The van der Waals surface area contributed by atoms with E-state index in [1.165, 1.54) is 0 Å². The van der Waals surface area contributed by atoms with Gasteiger partial charge in [0, 0.05) is 0 Å². The molecule has 0 bridgehead atoms. The summed E-state index contributed by atoms with van der Waals surface area (Å²) in [6.07, 6.45) is 1.97. The molecular weight excluding hydrogens is 270 g/mol. The molecule has 0 aromatic heterocycles. The number of benzene rings is 1. The lowest BCUT2D eigenvalue weighted by molar-refractivity contribution is 0.375. The molecular formula is C13H22ClNO2S. The van der Waals surface area contributed by atoms with E-state index in [-0.39, 0.29) is 12.4 Å². The Hall–Kier alpha value is -0.580. The highest BCUT2D eigenvalue weighted by Crippen LogP contribution is 2.39. The zero-order valence-corrected chi connectivity index (χ0v) is 12.8. The van der Waals surface area contributed by atoms with Crippen LogP contribution in [0, 0.1) is 0 Å². The second-order valence-corrected chi connectivity index (χ2v) is 4.82. The van der Waals surface area contributed by atoms with Crippen molar-refractivity contribution in [3.63, 3.8) is 0 Å². The standard InChI is InChI=1S/C13H21NO2S.ClH/c1-4-7-17-13-11(15-2)8-10(5-6-14)9-12(13)16-3;/h8-9H,4-7,14H2,1-3H3;1H. The molecule has 3 nitrogen and oxygen atoms in total. The summed E-state index contributed by atoms with van der Waals surface area (Å²) >= 11 is 1.77. The summed E-state index contributed by atoms with van der Waals surface area (Å²) in [5, 5.41) is 0. The number of rotatable bonds is 7.